The Kier molecular flexibility index (Phi) is 2.26. The average molecular weight is 173 g/mol. The third kappa shape index (κ3) is 1.69. The lowest BCUT2D eigenvalue weighted by Crippen LogP contribution is -1.82. The first-order valence-corrected chi connectivity index (χ1v) is 4.71. The molecule has 0 atom stereocenters. The lowest BCUT2D eigenvalue weighted by atomic mass is 10.2. The summed E-state index contributed by atoms with van der Waals surface area (Å²) in [6.45, 7) is 2.16. The zero-order valence-electron chi connectivity index (χ0n) is 7.79. The van der Waals surface area contributed by atoms with Gasteiger partial charge in [0.1, 0.15) is 0 Å². The van der Waals surface area contributed by atoms with E-state index in [2.05, 4.69) is 25.1 Å². The summed E-state index contributed by atoms with van der Waals surface area (Å²) in [7, 11) is 0. The second kappa shape index (κ2) is 3.56. The van der Waals surface area contributed by atoms with Crippen LogP contribution in [0.3, 0.4) is 0 Å². The number of benzene rings is 1. The molecule has 1 heteroatoms. The highest BCUT2D eigenvalue weighted by molar-refractivity contribution is 5.76. The molecule has 13 heavy (non-hydrogen) atoms. The first-order valence-electron chi connectivity index (χ1n) is 4.71. The zero-order chi connectivity index (χ0) is 9.10. The normalized spacial score (nSPS) is 10.5. The van der Waals surface area contributed by atoms with Crippen molar-refractivity contribution in [2.45, 2.75) is 19.8 Å². The highest BCUT2D eigenvalue weighted by atomic mass is 16.3. The van der Waals surface area contributed by atoms with E-state index in [0.717, 1.165) is 24.2 Å². The number of fused-ring (bicyclic) bond motifs is 1. The maximum absolute atomic E-state index is 5.70. The Hall–Kier alpha value is -1.37. The fraction of sp³-hybridized carbons (Fsp3) is 0.250. The fourth-order valence-electron chi connectivity index (χ4n) is 1.45. The van der Waals surface area contributed by atoms with E-state index in [1.165, 1.54) is 5.39 Å². The van der Waals surface area contributed by atoms with E-state index in [9.17, 15) is 0 Å². The highest BCUT2D eigenvalue weighted by Gasteiger charge is 2.09. The van der Waals surface area contributed by atoms with Crippen molar-refractivity contribution in [3.63, 3.8) is 0 Å². The van der Waals surface area contributed by atoms with Crippen molar-refractivity contribution in [1.29, 1.82) is 0 Å². The molecule has 0 fully saturated rings. The number of hydrogen-bond donors (Lipinski definition) is 0. The molecule has 66 valence electrons. The minimum Gasteiger partial charge on any atom is -0.212 e. The van der Waals surface area contributed by atoms with Crippen LogP contribution in [0.2, 0.25) is 0 Å². The molecular formula is C12H13O+. The van der Waals surface area contributed by atoms with E-state index in [0.29, 0.717) is 0 Å². The maximum Gasteiger partial charge on any atom is 0.360 e. The SMILES string of the molecule is CCCc1ccc2ccccc2[o+]1. The Labute approximate surface area is 78.0 Å². The summed E-state index contributed by atoms with van der Waals surface area (Å²) >= 11 is 0. The van der Waals surface area contributed by atoms with Crippen LogP contribution in [-0.4, -0.2) is 0 Å². The van der Waals surface area contributed by atoms with Gasteiger partial charge in [-0.3, -0.25) is 0 Å². The minimum atomic E-state index is 0.980. The molecule has 0 bridgehead atoms. The number of hydrogen-bond acceptors (Lipinski definition) is 0. The van der Waals surface area contributed by atoms with Crippen LogP contribution in [0.5, 0.6) is 0 Å². The molecule has 2 aromatic rings. The van der Waals surface area contributed by atoms with Gasteiger partial charge >= 0.3 is 11.3 Å². The van der Waals surface area contributed by atoms with Crippen molar-refractivity contribution in [1.82, 2.24) is 0 Å². The largest absolute Gasteiger partial charge is 0.360 e. The summed E-state index contributed by atoms with van der Waals surface area (Å²) in [5, 5.41) is 1.17. The van der Waals surface area contributed by atoms with Crippen molar-refractivity contribution in [3.05, 3.63) is 42.2 Å². The summed E-state index contributed by atoms with van der Waals surface area (Å²) in [5.41, 5.74) is 0.980. The fourth-order valence-corrected chi connectivity index (χ4v) is 1.45. The van der Waals surface area contributed by atoms with Crippen molar-refractivity contribution < 1.29 is 4.42 Å². The monoisotopic (exact) mass is 173 g/mol. The Bertz CT molecular complexity index is 407. The number of rotatable bonds is 2. The molecule has 0 spiro atoms. The molecule has 0 amide bonds. The van der Waals surface area contributed by atoms with Gasteiger partial charge in [0.25, 0.3) is 0 Å². The van der Waals surface area contributed by atoms with Crippen LogP contribution >= 0.6 is 0 Å². The quantitative estimate of drug-likeness (QED) is 0.631. The summed E-state index contributed by atoms with van der Waals surface area (Å²) in [6, 6.07) is 12.3. The van der Waals surface area contributed by atoms with E-state index in [-0.39, 0.29) is 0 Å². The van der Waals surface area contributed by atoms with Crippen LogP contribution in [0.25, 0.3) is 11.0 Å². The Morgan fingerprint density at radius 3 is 2.77 bits per heavy atom. The smallest absolute Gasteiger partial charge is 0.212 e. The highest BCUT2D eigenvalue weighted by Crippen LogP contribution is 2.16. The predicted octanol–water partition coefficient (Wildman–Crippen LogP) is 3.67. The van der Waals surface area contributed by atoms with E-state index in [1.54, 1.807) is 0 Å². The second-order valence-electron chi connectivity index (χ2n) is 3.19. The van der Waals surface area contributed by atoms with Gasteiger partial charge in [-0.2, -0.15) is 0 Å². The van der Waals surface area contributed by atoms with Crippen LogP contribution in [0.15, 0.2) is 40.8 Å². The van der Waals surface area contributed by atoms with Crippen LogP contribution in [0.1, 0.15) is 19.1 Å². The number of aryl methyl sites for hydroxylation is 1. The molecule has 2 rings (SSSR count). The molecule has 1 aromatic carbocycles. The van der Waals surface area contributed by atoms with E-state index < -0.39 is 0 Å². The summed E-state index contributed by atoms with van der Waals surface area (Å²) in [6.07, 6.45) is 2.15. The zero-order valence-corrected chi connectivity index (χ0v) is 7.79. The first-order chi connectivity index (χ1) is 6.40. The van der Waals surface area contributed by atoms with E-state index >= 15 is 0 Å². The van der Waals surface area contributed by atoms with Crippen LogP contribution in [0, 0.1) is 0 Å². The molecule has 0 unspecified atom stereocenters. The van der Waals surface area contributed by atoms with Gasteiger partial charge < -0.3 is 0 Å². The molecule has 0 aliphatic rings. The van der Waals surface area contributed by atoms with Gasteiger partial charge in [0, 0.05) is 12.1 Å². The van der Waals surface area contributed by atoms with E-state index in [1.807, 2.05) is 18.2 Å². The molecule has 0 radical (unpaired) electrons. The molecule has 1 nitrogen and oxygen atoms in total. The lowest BCUT2D eigenvalue weighted by molar-refractivity contribution is 0.533. The van der Waals surface area contributed by atoms with E-state index in [4.69, 9.17) is 4.42 Å². The summed E-state index contributed by atoms with van der Waals surface area (Å²) in [5.74, 6) is 1.07. The predicted molar refractivity (Wildman–Crippen MR) is 54.6 cm³/mol. The summed E-state index contributed by atoms with van der Waals surface area (Å²) in [4.78, 5) is 0. The Morgan fingerprint density at radius 2 is 1.92 bits per heavy atom. The minimum absolute atomic E-state index is 0.980. The molecule has 0 aliphatic carbocycles. The molecule has 0 saturated carbocycles. The van der Waals surface area contributed by atoms with Gasteiger partial charge in [-0.05, 0) is 18.6 Å². The van der Waals surface area contributed by atoms with Crippen molar-refractivity contribution in [3.8, 4) is 0 Å². The van der Waals surface area contributed by atoms with Crippen LogP contribution < -0.4 is 0 Å². The third-order valence-electron chi connectivity index (χ3n) is 2.11. The lowest BCUT2D eigenvalue weighted by Gasteiger charge is -1.88. The Balaban J connectivity index is 2.49. The summed E-state index contributed by atoms with van der Waals surface area (Å²) < 4.78 is 5.70. The van der Waals surface area contributed by atoms with Gasteiger partial charge in [0.05, 0.1) is 11.8 Å². The van der Waals surface area contributed by atoms with Gasteiger partial charge in [0.2, 0.25) is 0 Å². The van der Waals surface area contributed by atoms with Gasteiger partial charge in [0.15, 0.2) is 0 Å². The van der Waals surface area contributed by atoms with Crippen molar-refractivity contribution in [2.75, 3.05) is 0 Å². The maximum atomic E-state index is 5.70. The van der Waals surface area contributed by atoms with Crippen LogP contribution in [-0.2, 0) is 6.42 Å². The molecule has 1 aromatic heterocycles. The number of para-hydroxylation sites is 1. The van der Waals surface area contributed by atoms with Crippen LogP contribution in [0.4, 0.5) is 0 Å². The van der Waals surface area contributed by atoms with Gasteiger partial charge in [-0.25, -0.2) is 4.42 Å². The van der Waals surface area contributed by atoms with Crippen molar-refractivity contribution >= 4 is 11.0 Å². The van der Waals surface area contributed by atoms with Gasteiger partial charge in [-0.15, -0.1) is 0 Å². The second-order valence-corrected chi connectivity index (χ2v) is 3.19. The average Bonchev–Trinajstić information content (AvgIpc) is 2.18. The molecule has 0 saturated heterocycles. The molecule has 0 N–H and O–H groups in total. The molecule has 1 heterocycles. The first kappa shape index (κ1) is 8.24. The third-order valence-corrected chi connectivity index (χ3v) is 2.11. The van der Waals surface area contributed by atoms with Gasteiger partial charge in [-0.1, -0.05) is 19.1 Å². The standard InChI is InChI=1S/C12H13O/c1-2-5-11-9-8-10-6-3-4-7-12(10)13-11/h3-4,6-9H,2,5H2,1H3/q+1. The van der Waals surface area contributed by atoms with Crippen molar-refractivity contribution in [2.24, 2.45) is 0 Å². The Morgan fingerprint density at radius 1 is 1.08 bits per heavy atom. The molecular weight excluding hydrogens is 160 g/mol. The topological polar surface area (TPSA) is 11.3 Å². The molecule has 0 aliphatic heterocycles.